The second kappa shape index (κ2) is 5.27. The van der Waals surface area contributed by atoms with Gasteiger partial charge in [0.1, 0.15) is 5.82 Å². The molecule has 1 saturated carbocycles. The molecule has 0 radical (unpaired) electrons. The minimum Gasteiger partial charge on any atom is -0.367 e. The van der Waals surface area contributed by atoms with Crippen LogP contribution in [0.15, 0.2) is 18.3 Å². The van der Waals surface area contributed by atoms with Crippen molar-refractivity contribution in [3.8, 4) is 0 Å². The van der Waals surface area contributed by atoms with Gasteiger partial charge in [-0.3, -0.25) is 4.90 Å². The molecule has 1 saturated heterocycles. The molecule has 1 N–H and O–H groups in total. The lowest BCUT2D eigenvalue weighted by atomic mass is 10.1. The smallest absolute Gasteiger partial charge is 0.130 e. The van der Waals surface area contributed by atoms with Gasteiger partial charge in [-0.1, -0.05) is 13.0 Å². The van der Waals surface area contributed by atoms with Crippen LogP contribution in [0.25, 0.3) is 0 Å². The number of anilines is 1. The Balaban J connectivity index is 1.80. The maximum Gasteiger partial charge on any atom is 0.130 e. The van der Waals surface area contributed by atoms with Crippen LogP contribution >= 0.6 is 0 Å². The zero-order valence-corrected chi connectivity index (χ0v) is 11.2. The van der Waals surface area contributed by atoms with Gasteiger partial charge in [0.15, 0.2) is 0 Å². The molecule has 98 valence electrons. The van der Waals surface area contributed by atoms with E-state index in [9.17, 15) is 0 Å². The maximum atomic E-state index is 4.56. The van der Waals surface area contributed by atoms with Crippen molar-refractivity contribution in [2.75, 3.05) is 18.4 Å². The molecule has 0 aromatic carbocycles. The molecule has 3 nitrogen and oxygen atoms in total. The normalized spacial score (nSPS) is 24.4. The molecule has 3 heteroatoms. The molecule has 0 bridgehead atoms. The summed E-state index contributed by atoms with van der Waals surface area (Å²) in [5.74, 6) is 1.13. The zero-order chi connectivity index (χ0) is 12.4. The second-order valence-corrected chi connectivity index (χ2v) is 5.55. The van der Waals surface area contributed by atoms with Gasteiger partial charge in [-0.2, -0.15) is 0 Å². The van der Waals surface area contributed by atoms with Crippen LogP contribution in [0.4, 0.5) is 5.82 Å². The summed E-state index contributed by atoms with van der Waals surface area (Å²) in [5.41, 5.74) is 1.41. The van der Waals surface area contributed by atoms with Crippen LogP contribution in [0, 0.1) is 0 Å². The van der Waals surface area contributed by atoms with E-state index in [0.717, 1.165) is 5.82 Å². The van der Waals surface area contributed by atoms with E-state index in [-0.39, 0.29) is 0 Å². The van der Waals surface area contributed by atoms with Crippen LogP contribution in [-0.4, -0.2) is 29.0 Å². The number of rotatable bonds is 5. The Kier molecular flexibility index (Phi) is 3.50. The van der Waals surface area contributed by atoms with Crippen LogP contribution < -0.4 is 5.32 Å². The number of nitrogens with zero attached hydrogens (tertiary/aromatic N) is 2. The molecule has 2 fully saturated rings. The van der Waals surface area contributed by atoms with Gasteiger partial charge in [-0.05, 0) is 51.3 Å². The SMILES string of the molecule is CCCN1CCC[C@@H]1c1cccnc1NC1CC1. The molecule has 0 spiro atoms. The van der Waals surface area contributed by atoms with Crippen molar-refractivity contribution < 1.29 is 0 Å². The van der Waals surface area contributed by atoms with E-state index in [1.165, 1.54) is 50.8 Å². The second-order valence-electron chi connectivity index (χ2n) is 5.55. The number of hydrogen-bond donors (Lipinski definition) is 1. The Morgan fingerprint density at radius 3 is 3.06 bits per heavy atom. The largest absolute Gasteiger partial charge is 0.367 e. The standard InChI is InChI=1S/C15H23N3/c1-2-10-18-11-4-6-14(18)13-5-3-9-16-15(13)17-12-7-8-12/h3,5,9,12,14H,2,4,6-8,10-11H2,1H3,(H,16,17)/t14-/m1/s1. The van der Waals surface area contributed by atoms with Gasteiger partial charge in [0, 0.05) is 23.8 Å². The highest BCUT2D eigenvalue weighted by atomic mass is 15.2. The van der Waals surface area contributed by atoms with Gasteiger partial charge in [0.2, 0.25) is 0 Å². The average molecular weight is 245 g/mol. The van der Waals surface area contributed by atoms with Crippen molar-refractivity contribution in [1.82, 2.24) is 9.88 Å². The summed E-state index contributed by atoms with van der Waals surface area (Å²) in [6, 6.07) is 5.60. The van der Waals surface area contributed by atoms with Crippen molar-refractivity contribution in [1.29, 1.82) is 0 Å². The fourth-order valence-corrected chi connectivity index (χ4v) is 2.96. The minimum absolute atomic E-state index is 0.583. The Hall–Kier alpha value is -1.09. The van der Waals surface area contributed by atoms with Gasteiger partial charge >= 0.3 is 0 Å². The van der Waals surface area contributed by atoms with Crippen LogP contribution in [0.2, 0.25) is 0 Å². The van der Waals surface area contributed by atoms with E-state index in [1.807, 2.05) is 6.20 Å². The Labute approximate surface area is 110 Å². The van der Waals surface area contributed by atoms with Gasteiger partial charge in [0.25, 0.3) is 0 Å². The van der Waals surface area contributed by atoms with Crippen LogP contribution in [-0.2, 0) is 0 Å². The molecule has 0 unspecified atom stereocenters. The Morgan fingerprint density at radius 2 is 2.28 bits per heavy atom. The molecule has 3 rings (SSSR count). The molecule has 1 aromatic rings. The molecule has 1 atom stereocenters. The summed E-state index contributed by atoms with van der Waals surface area (Å²) >= 11 is 0. The van der Waals surface area contributed by atoms with Crippen molar-refractivity contribution >= 4 is 5.82 Å². The van der Waals surface area contributed by atoms with Crippen molar-refractivity contribution in [3.63, 3.8) is 0 Å². The molecule has 1 aliphatic heterocycles. The summed E-state index contributed by atoms with van der Waals surface area (Å²) in [4.78, 5) is 7.18. The lowest BCUT2D eigenvalue weighted by Crippen LogP contribution is -2.25. The number of pyridine rings is 1. The van der Waals surface area contributed by atoms with E-state index in [2.05, 4.69) is 34.3 Å². The molecule has 2 aliphatic rings. The summed E-state index contributed by atoms with van der Waals surface area (Å²) in [7, 11) is 0. The molecule has 0 amide bonds. The fourth-order valence-electron chi connectivity index (χ4n) is 2.96. The van der Waals surface area contributed by atoms with E-state index in [1.54, 1.807) is 0 Å². The first-order chi connectivity index (χ1) is 8.88. The maximum absolute atomic E-state index is 4.56. The lowest BCUT2D eigenvalue weighted by Gasteiger charge is -2.25. The van der Waals surface area contributed by atoms with Gasteiger partial charge < -0.3 is 5.32 Å². The highest BCUT2D eigenvalue weighted by molar-refractivity contribution is 5.47. The van der Waals surface area contributed by atoms with Crippen LogP contribution in [0.5, 0.6) is 0 Å². The highest BCUT2D eigenvalue weighted by Gasteiger charge is 2.29. The monoisotopic (exact) mass is 245 g/mol. The first kappa shape index (κ1) is 12.0. The van der Waals surface area contributed by atoms with Gasteiger partial charge in [-0.25, -0.2) is 4.98 Å². The molecule has 1 aliphatic carbocycles. The lowest BCUT2D eigenvalue weighted by molar-refractivity contribution is 0.258. The minimum atomic E-state index is 0.583. The first-order valence-corrected chi connectivity index (χ1v) is 7.34. The van der Waals surface area contributed by atoms with Crippen LogP contribution in [0.3, 0.4) is 0 Å². The fraction of sp³-hybridized carbons (Fsp3) is 0.667. The molecule has 1 aromatic heterocycles. The molecular weight excluding hydrogens is 222 g/mol. The molecule has 2 heterocycles. The third-order valence-corrected chi connectivity index (χ3v) is 3.99. The molecular formula is C15H23N3. The van der Waals surface area contributed by atoms with E-state index < -0.39 is 0 Å². The van der Waals surface area contributed by atoms with E-state index >= 15 is 0 Å². The number of aromatic nitrogens is 1. The van der Waals surface area contributed by atoms with Crippen molar-refractivity contribution in [2.45, 2.75) is 51.1 Å². The van der Waals surface area contributed by atoms with E-state index in [0.29, 0.717) is 12.1 Å². The van der Waals surface area contributed by atoms with E-state index in [4.69, 9.17) is 0 Å². The predicted octanol–water partition coefficient (Wildman–Crippen LogP) is 3.20. The Morgan fingerprint density at radius 1 is 1.39 bits per heavy atom. The zero-order valence-electron chi connectivity index (χ0n) is 11.2. The Bertz CT molecular complexity index is 400. The highest BCUT2D eigenvalue weighted by Crippen LogP contribution is 2.36. The summed E-state index contributed by atoms with van der Waals surface area (Å²) in [6.45, 7) is 4.72. The summed E-state index contributed by atoms with van der Waals surface area (Å²) in [6.07, 6.45) is 8.36. The molecule has 18 heavy (non-hydrogen) atoms. The van der Waals surface area contributed by atoms with Gasteiger partial charge in [-0.15, -0.1) is 0 Å². The third kappa shape index (κ3) is 2.51. The first-order valence-electron chi connectivity index (χ1n) is 7.34. The summed E-state index contributed by atoms with van der Waals surface area (Å²) < 4.78 is 0. The predicted molar refractivity (Wildman–Crippen MR) is 74.7 cm³/mol. The van der Waals surface area contributed by atoms with Crippen molar-refractivity contribution in [3.05, 3.63) is 23.9 Å². The van der Waals surface area contributed by atoms with Gasteiger partial charge in [0.05, 0.1) is 0 Å². The third-order valence-electron chi connectivity index (χ3n) is 3.99. The topological polar surface area (TPSA) is 28.2 Å². The van der Waals surface area contributed by atoms with Crippen LogP contribution in [0.1, 0.15) is 50.6 Å². The van der Waals surface area contributed by atoms with Crippen molar-refractivity contribution in [2.24, 2.45) is 0 Å². The number of hydrogen-bond acceptors (Lipinski definition) is 3. The number of likely N-dealkylation sites (tertiary alicyclic amines) is 1. The number of nitrogens with one attached hydrogen (secondary N) is 1. The average Bonchev–Trinajstić information content (AvgIpc) is 3.08. The quantitative estimate of drug-likeness (QED) is 0.863. The summed E-state index contributed by atoms with van der Waals surface area (Å²) in [5, 5.41) is 3.59.